The number of hydrogen-bond acceptors (Lipinski definition) is 4. The first-order valence-corrected chi connectivity index (χ1v) is 11.4. The summed E-state index contributed by atoms with van der Waals surface area (Å²) < 4.78 is 7.08. The van der Waals surface area contributed by atoms with Crippen molar-refractivity contribution >= 4 is 39.1 Å². The first-order valence-electron chi connectivity index (χ1n) is 10.2. The molecule has 1 fully saturated rings. The SMILES string of the molecule is COc1ccc(CC2CCN2C(=O)c2cc3c(C)nn(-c4ccccc4Cl)c3s2)cc1. The van der Waals surface area contributed by atoms with Crippen molar-refractivity contribution in [2.24, 2.45) is 0 Å². The lowest BCUT2D eigenvalue weighted by molar-refractivity contribution is 0.0470. The van der Waals surface area contributed by atoms with E-state index in [0.29, 0.717) is 5.02 Å². The Morgan fingerprint density at radius 2 is 2.00 bits per heavy atom. The lowest BCUT2D eigenvalue weighted by Gasteiger charge is -2.41. The number of methoxy groups -OCH3 is 1. The Labute approximate surface area is 189 Å². The van der Waals surface area contributed by atoms with Gasteiger partial charge in [-0.25, -0.2) is 4.68 Å². The van der Waals surface area contributed by atoms with E-state index in [4.69, 9.17) is 16.3 Å². The number of likely N-dealkylation sites (tertiary alicyclic amines) is 1. The fraction of sp³-hybridized carbons (Fsp3) is 0.250. The molecular weight excluding hydrogens is 430 g/mol. The van der Waals surface area contributed by atoms with Gasteiger partial charge in [-0.05, 0) is 55.7 Å². The molecule has 0 aliphatic carbocycles. The largest absolute Gasteiger partial charge is 0.497 e. The van der Waals surface area contributed by atoms with Gasteiger partial charge < -0.3 is 9.64 Å². The fourth-order valence-corrected chi connectivity index (χ4v) is 5.38. The number of ether oxygens (including phenoxy) is 1. The van der Waals surface area contributed by atoms with Crippen molar-refractivity contribution in [2.45, 2.75) is 25.8 Å². The molecule has 0 bridgehead atoms. The number of carbonyl (C=O) groups is 1. The van der Waals surface area contributed by atoms with Crippen molar-refractivity contribution in [1.82, 2.24) is 14.7 Å². The molecule has 1 unspecified atom stereocenters. The second-order valence-electron chi connectivity index (χ2n) is 7.77. The Morgan fingerprint density at radius 1 is 1.23 bits per heavy atom. The number of fused-ring (bicyclic) bond motifs is 1. The average Bonchev–Trinajstić information content (AvgIpc) is 3.33. The van der Waals surface area contributed by atoms with E-state index in [0.717, 1.165) is 51.6 Å². The third-order valence-corrected chi connectivity index (χ3v) is 7.29. The van der Waals surface area contributed by atoms with Gasteiger partial charge in [0.2, 0.25) is 0 Å². The molecule has 3 heterocycles. The van der Waals surface area contributed by atoms with E-state index in [2.05, 4.69) is 17.2 Å². The third-order valence-electron chi connectivity index (χ3n) is 5.87. The van der Waals surface area contributed by atoms with Crippen LogP contribution < -0.4 is 4.74 Å². The molecule has 5 nitrogen and oxygen atoms in total. The van der Waals surface area contributed by atoms with Crippen molar-refractivity contribution in [1.29, 1.82) is 0 Å². The minimum absolute atomic E-state index is 0.0936. The summed E-state index contributed by atoms with van der Waals surface area (Å²) in [7, 11) is 1.67. The fourth-order valence-electron chi connectivity index (χ4n) is 4.04. The Morgan fingerprint density at radius 3 is 2.68 bits per heavy atom. The number of amides is 1. The maximum absolute atomic E-state index is 13.3. The normalized spacial score (nSPS) is 15.8. The van der Waals surface area contributed by atoms with Crippen molar-refractivity contribution in [2.75, 3.05) is 13.7 Å². The third kappa shape index (κ3) is 3.60. The molecule has 31 heavy (non-hydrogen) atoms. The van der Waals surface area contributed by atoms with Crippen molar-refractivity contribution in [3.05, 3.63) is 75.8 Å². The topological polar surface area (TPSA) is 47.4 Å². The van der Waals surface area contributed by atoms with Gasteiger partial charge >= 0.3 is 0 Å². The van der Waals surface area contributed by atoms with E-state index in [1.54, 1.807) is 7.11 Å². The molecular formula is C24H22ClN3O2S. The van der Waals surface area contributed by atoms with E-state index in [-0.39, 0.29) is 11.9 Å². The number of hydrogen-bond donors (Lipinski definition) is 0. The number of halogens is 1. The summed E-state index contributed by atoms with van der Waals surface area (Å²) in [6.07, 6.45) is 1.88. The molecule has 2 aromatic carbocycles. The molecule has 0 N–H and O–H groups in total. The van der Waals surface area contributed by atoms with Crippen molar-refractivity contribution in [3.8, 4) is 11.4 Å². The molecule has 1 atom stereocenters. The minimum Gasteiger partial charge on any atom is -0.497 e. The van der Waals surface area contributed by atoms with Gasteiger partial charge in [0.15, 0.2) is 0 Å². The maximum atomic E-state index is 13.3. The number of aromatic nitrogens is 2. The van der Waals surface area contributed by atoms with Gasteiger partial charge in [-0.3, -0.25) is 4.79 Å². The van der Waals surface area contributed by atoms with E-state index < -0.39 is 0 Å². The smallest absolute Gasteiger partial charge is 0.264 e. The number of aryl methyl sites for hydroxylation is 1. The Kier molecular flexibility index (Phi) is 5.20. The van der Waals surface area contributed by atoms with Crippen LogP contribution in [0.2, 0.25) is 5.02 Å². The molecule has 7 heteroatoms. The summed E-state index contributed by atoms with van der Waals surface area (Å²) in [5.41, 5.74) is 2.93. The molecule has 1 aliphatic rings. The highest BCUT2D eigenvalue weighted by Gasteiger charge is 2.34. The quantitative estimate of drug-likeness (QED) is 0.401. The zero-order valence-corrected chi connectivity index (χ0v) is 18.9. The van der Waals surface area contributed by atoms with Crippen LogP contribution in [-0.2, 0) is 6.42 Å². The predicted molar refractivity (Wildman–Crippen MR) is 125 cm³/mol. The van der Waals surface area contributed by atoms with Gasteiger partial charge in [-0.15, -0.1) is 11.3 Å². The van der Waals surface area contributed by atoms with E-state index in [9.17, 15) is 4.79 Å². The summed E-state index contributed by atoms with van der Waals surface area (Å²) in [6.45, 7) is 2.76. The summed E-state index contributed by atoms with van der Waals surface area (Å²) in [4.78, 5) is 17.0. The lowest BCUT2D eigenvalue weighted by atomic mass is 9.95. The molecule has 5 rings (SSSR count). The van der Waals surface area contributed by atoms with Gasteiger partial charge in [0.1, 0.15) is 10.6 Å². The highest BCUT2D eigenvalue weighted by molar-refractivity contribution is 7.20. The minimum atomic E-state index is 0.0936. The van der Waals surface area contributed by atoms with E-state index >= 15 is 0 Å². The number of para-hydroxylation sites is 1. The first-order chi connectivity index (χ1) is 15.0. The van der Waals surface area contributed by atoms with E-state index in [1.807, 2.05) is 59.0 Å². The molecule has 158 valence electrons. The number of nitrogens with zero attached hydrogens (tertiary/aromatic N) is 3. The van der Waals surface area contributed by atoms with Crippen LogP contribution in [0.4, 0.5) is 0 Å². The summed E-state index contributed by atoms with van der Waals surface area (Å²) in [5, 5.41) is 6.29. The number of thiophene rings is 1. The summed E-state index contributed by atoms with van der Waals surface area (Å²) in [6, 6.07) is 17.9. The van der Waals surface area contributed by atoms with Gasteiger partial charge in [0.05, 0.1) is 28.4 Å². The van der Waals surface area contributed by atoms with Gasteiger partial charge in [0.25, 0.3) is 5.91 Å². The van der Waals surface area contributed by atoms with Gasteiger partial charge in [-0.1, -0.05) is 35.9 Å². The zero-order chi connectivity index (χ0) is 21.5. The summed E-state index contributed by atoms with van der Waals surface area (Å²) in [5.74, 6) is 0.939. The number of carbonyl (C=O) groups excluding carboxylic acids is 1. The van der Waals surface area contributed by atoms with Crippen LogP contribution in [0, 0.1) is 6.92 Å². The molecule has 1 aliphatic heterocycles. The second-order valence-corrected chi connectivity index (χ2v) is 9.21. The summed E-state index contributed by atoms with van der Waals surface area (Å²) >= 11 is 7.88. The van der Waals surface area contributed by atoms with Crippen LogP contribution in [0.3, 0.4) is 0 Å². The Bertz CT molecular complexity index is 1260. The van der Waals surface area contributed by atoms with Gasteiger partial charge in [0, 0.05) is 18.0 Å². The monoisotopic (exact) mass is 451 g/mol. The average molecular weight is 452 g/mol. The van der Waals surface area contributed by atoms with E-state index in [1.165, 1.54) is 16.9 Å². The lowest BCUT2D eigenvalue weighted by Crippen LogP contribution is -2.51. The van der Waals surface area contributed by atoms with Gasteiger partial charge in [-0.2, -0.15) is 5.10 Å². The van der Waals surface area contributed by atoms with Crippen LogP contribution in [-0.4, -0.2) is 40.3 Å². The maximum Gasteiger partial charge on any atom is 0.264 e. The molecule has 0 saturated carbocycles. The van der Waals surface area contributed by atoms with Crippen LogP contribution in [0.25, 0.3) is 15.9 Å². The van der Waals surface area contributed by atoms with Crippen LogP contribution in [0.1, 0.15) is 27.3 Å². The van der Waals surface area contributed by atoms with Crippen LogP contribution >= 0.6 is 22.9 Å². The Hall–Kier alpha value is -2.83. The first kappa shape index (κ1) is 20.1. The highest BCUT2D eigenvalue weighted by Crippen LogP contribution is 2.34. The molecule has 1 saturated heterocycles. The molecule has 1 amide bonds. The predicted octanol–water partition coefficient (Wildman–Crippen LogP) is 5.51. The molecule has 4 aromatic rings. The number of rotatable bonds is 5. The second kappa shape index (κ2) is 8.02. The zero-order valence-electron chi connectivity index (χ0n) is 17.3. The van der Waals surface area contributed by atoms with Crippen LogP contribution in [0.15, 0.2) is 54.6 Å². The molecule has 0 radical (unpaired) electrons. The highest BCUT2D eigenvalue weighted by atomic mass is 35.5. The molecule has 2 aromatic heterocycles. The Balaban J connectivity index is 1.40. The van der Waals surface area contributed by atoms with Crippen molar-refractivity contribution < 1.29 is 9.53 Å². The van der Waals surface area contributed by atoms with Crippen molar-refractivity contribution in [3.63, 3.8) is 0 Å². The standard InChI is InChI=1S/C24H22ClN3O2S/c1-15-19-14-22(31-24(19)28(26-15)21-6-4-3-5-20(21)25)23(29)27-12-11-17(27)13-16-7-9-18(30-2)10-8-16/h3-10,14,17H,11-13H2,1-2H3. The number of benzene rings is 2. The molecule has 0 spiro atoms. The van der Waals surface area contributed by atoms with Crippen LogP contribution in [0.5, 0.6) is 5.75 Å².